The second kappa shape index (κ2) is 4.33. The zero-order valence-electron chi connectivity index (χ0n) is 8.08. The molecule has 13 heavy (non-hydrogen) atoms. The van der Waals surface area contributed by atoms with Crippen LogP contribution in [0.2, 0.25) is 0 Å². The van der Waals surface area contributed by atoms with Crippen LogP contribution in [0.5, 0.6) is 0 Å². The quantitative estimate of drug-likeness (QED) is 0.680. The van der Waals surface area contributed by atoms with Crippen molar-refractivity contribution in [3.05, 3.63) is 0 Å². The third-order valence-corrected chi connectivity index (χ3v) is 3.68. The molecule has 1 aliphatic rings. The first-order valence-corrected chi connectivity index (χ1v) is 5.65. The summed E-state index contributed by atoms with van der Waals surface area (Å²) in [5.41, 5.74) is -0.173. The lowest BCUT2D eigenvalue weighted by Gasteiger charge is -2.19. The molecule has 4 heteroatoms. The van der Waals surface area contributed by atoms with Gasteiger partial charge in [-0.05, 0) is 18.6 Å². The molecule has 1 atom stereocenters. The maximum atomic E-state index is 11.1. The third-order valence-electron chi connectivity index (χ3n) is 2.49. The van der Waals surface area contributed by atoms with E-state index in [-0.39, 0.29) is 5.41 Å². The number of hydrogen-bond donors (Lipinski definition) is 1. The SMILES string of the molecule is CCSCC1(C(O)C(=O)OC)CC1. The highest BCUT2D eigenvalue weighted by Gasteiger charge is 2.52. The van der Waals surface area contributed by atoms with Crippen molar-refractivity contribution in [3.8, 4) is 0 Å². The monoisotopic (exact) mass is 204 g/mol. The van der Waals surface area contributed by atoms with E-state index >= 15 is 0 Å². The Labute approximate surface area is 82.8 Å². The second-order valence-corrected chi connectivity index (χ2v) is 4.70. The normalized spacial score (nSPS) is 20.8. The van der Waals surface area contributed by atoms with Crippen LogP contribution in [0.15, 0.2) is 0 Å². The number of hydrogen-bond acceptors (Lipinski definition) is 4. The first-order valence-electron chi connectivity index (χ1n) is 4.50. The van der Waals surface area contributed by atoms with Gasteiger partial charge < -0.3 is 9.84 Å². The van der Waals surface area contributed by atoms with Gasteiger partial charge in [0.2, 0.25) is 0 Å². The minimum atomic E-state index is -0.920. The molecule has 0 aromatic rings. The minimum absolute atomic E-state index is 0.173. The van der Waals surface area contributed by atoms with Crippen molar-refractivity contribution in [2.75, 3.05) is 18.6 Å². The van der Waals surface area contributed by atoms with Gasteiger partial charge in [-0.3, -0.25) is 0 Å². The Kier molecular flexibility index (Phi) is 3.62. The number of methoxy groups -OCH3 is 1. The Balaban J connectivity index is 2.44. The summed E-state index contributed by atoms with van der Waals surface area (Å²) < 4.78 is 4.52. The standard InChI is InChI=1S/C9H16O3S/c1-3-13-6-9(4-5-9)7(10)8(11)12-2/h7,10H,3-6H2,1-2H3. The van der Waals surface area contributed by atoms with Crippen LogP contribution in [0.1, 0.15) is 19.8 Å². The lowest BCUT2D eigenvalue weighted by Crippen LogP contribution is -2.33. The number of esters is 1. The molecule has 0 aromatic heterocycles. The van der Waals surface area contributed by atoms with E-state index in [0.717, 1.165) is 24.3 Å². The molecule has 0 radical (unpaired) electrons. The Morgan fingerprint density at radius 1 is 1.69 bits per heavy atom. The minimum Gasteiger partial charge on any atom is -0.467 e. The number of aliphatic hydroxyl groups excluding tert-OH is 1. The fourth-order valence-electron chi connectivity index (χ4n) is 1.32. The summed E-state index contributed by atoms with van der Waals surface area (Å²) >= 11 is 1.77. The number of rotatable bonds is 5. The first kappa shape index (κ1) is 10.9. The zero-order chi connectivity index (χ0) is 9.90. The van der Waals surface area contributed by atoms with Crippen molar-refractivity contribution in [1.29, 1.82) is 0 Å². The van der Waals surface area contributed by atoms with E-state index in [4.69, 9.17) is 0 Å². The van der Waals surface area contributed by atoms with Crippen LogP contribution >= 0.6 is 11.8 Å². The lowest BCUT2D eigenvalue weighted by molar-refractivity contribution is -0.153. The van der Waals surface area contributed by atoms with Crippen LogP contribution in [0.4, 0.5) is 0 Å². The van der Waals surface area contributed by atoms with Crippen LogP contribution in [0.3, 0.4) is 0 Å². The summed E-state index contributed by atoms with van der Waals surface area (Å²) in [6, 6.07) is 0. The van der Waals surface area contributed by atoms with E-state index in [1.54, 1.807) is 11.8 Å². The number of thioether (sulfide) groups is 1. The van der Waals surface area contributed by atoms with E-state index < -0.39 is 12.1 Å². The fraction of sp³-hybridized carbons (Fsp3) is 0.889. The molecule has 0 spiro atoms. The molecule has 1 rings (SSSR count). The van der Waals surface area contributed by atoms with E-state index in [9.17, 15) is 9.90 Å². The number of carbonyl (C=O) groups excluding carboxylic acids is 1. The van der Waals surface area contributed by atoms with Gasteiger partial charge >= 0.3 is 5.97 Å². The first-order chi connectivity index (χ1) is 6.16. The van der Waals surface area contributed by atoms with Crippen LogP contribution < -0.4 is 0 Å². The van der Waals surface area contributed by atoms with Gasteiger partial charge in [0, 0.05) is 11.2 Å². The molecule has 1 aliphatic carbocycles. The molecule has 0 saturated heterocycles. The number of ether oxygens (including phenoxy) is 1. The maximum absolute atomic E-state index is 11.1. The van der Waals surface area contributed by atoms with Gasteiger partial charge in [0.25, 0.3) is 0 Å². The van der Waals surface area contributed by atoms with Crippen LogP contribution in [0.25, 0.3) is 0 Å². The topological polar surface area (TPSA) is 46.5 Å². The van der Waals surface area contributed by atoms with Crippen molar-refractivity contribution >= 4 is 17.7 Å². The molecule has 0 bridgehead atoms. The summed E-state index contributed by atoms with van der Waals surface area (Å²) in [5.74, 6) is 1.39. The molecule has 76 valence electrons. The van der Waals surface area contributed by atoms with Gasteiger partial charge in [0.1, 0.15) is 0 Å². The van der Waals surface area contributed by atoms with Gasteiger partial charge in [0.15, 0.2) is 6.10 Å². The predicted octanol–water partition coefficient (Wildman–Crippen LogP) is 1.05. The van der Waals surface area contributed by atoms with Gasteiger partial charge in [-0.25, -0.2) is 4.79 Å². The Bertz CT molecular complexity index is 189. The fourth-order valence-corrected chi connectivity index (χ4v) is 2.38. The predicted molar refractivity (Wildman–Crippen MR) is 52.7 cm³/mol. The molecule has 0 aliphatic heterocycles. The van der Waals surface area contributed by atoms with Crippen LogP contribution in [0, 0.1) is 5.41 Å². The van der Waals surface area contributed by atoms with Crippen molar-refractivity contribution < 1.29 is 14.6 Å². The van der Waals surface area contributed by atoms with Crippen molar-refractivity contribution in [2.45, 2.75) is 25.9 Å². The van der Waals surface area contributed by atoms with E-state index in [2.05, 4.69) is 11.7 Å². The third kappa shape index (κ3) is 2.38. The van der Waals surface area contributed by atoms with Crippen molar-refractivity contribution in [1.82, 2.24) is 0 Å². The molecule has 1 saturated carbocycles. The number of carbonyl (C=O) groups is 1. The molecule has 3 nitrogen and oxygen atoms in total. The highest BCUT2D eigenvalue weighted by molar-refractivity contribution is 7.99. The molecule has 1 fully saturated rings. The average molecular weight is 204 g/mol. The van der Waals surface area contributed by atoms with Gasteiger partial charge in [0.05, 0.1) is 7.11 Å². The van der Waals surface area contributed by atoms with E-state index in [1.807, 2.05) is 0 Å². The zero-order valence-corrected chi connectivity index (χ0v) is 8.89. The summed E-state index contributed by atoms with van der Waals surface area (Å²) in [6.07, 6.45) is 0.962. The second-order valence-electron chi connectivity index (χ2n) is 3.43. The largest absolute Gasteiger partial charge is 0.467 e. The molecule has 1 unspecified atom stereocenters. The maximum Gasteiger partial charge on any atom is 0.335 e. The van der Waals surface area contributed by atoms with Crippen LogP contribution in [-0.2, 0) is 9.53 Å². The van der Waals surface area contributed by atoms with Gasteiger partial charge in [-0.2, -0.15) is 11.8 Å². The summed E-state index contributed by atoms with van der Waals surface area (Å²) in [5, 5.41) is 9.65. The highest BCUT2D eigenvalue weighted by Crippen LogP contribution is 2.51. The van der Waals surface area contributed by atoms with E-state index in [1.165, 1.54) is 7.11 Å². The summed E-state index contributed by atoms with van der Waals surface area (Å²) in [6.45, 7) is 2.07. The molecule has 0 heterocycles. The van der Waals surface area contributed by atoms with Gasteiger partial charge in [-0.15, -0.1) is 0 Å². The summed E-state index contributed by atoms with van der Waals surface area (Å²) in [7, 11) is 1.31. The van der Waals surface area contributed by atoms with Crippen molar-refractivity contribution in [2.24, 2.45) is 5.41 Å². The molecule has 1 N–H and O–H groups in total. The molecular formula is C9H16O3S. The molecule has 0 aromatic carbocycles. The molecular weight excluding hydrogens is 188 g/mol. The Hall–Kier alpha value is -0.220. The highest BCUT2D eigenvalue weighted by atomic mass is 32.2. The Morgan fingerprint density at radius 3 is 2.69 bits per heavy atom. The summed E-state index contributed by atoms with van der Waals surface area (Å²) in [4.78, 5) is 11.1. The van der Waals surface area contributed by atoms with Gasteiger partial charge in [-0.1, -0.05) is 6.92 Å². The molecule has 0 amide bonds. The number of aliphatic hydroxyl groups is 1. The lowest BCUT2D eigenvalue weighted by atomic mass is 10.0. The van der Waals surface area contributed by atoms with E-state index in [0.29, 0.717) is 0 Å². The van der Waals surface area contributed by atoms with Crippen molar-refractivity contribution in [3.63, 3.8) is 0 Å². The van der Waals surface area contributed by atoms with Crippen LogP contribution in [-0.4, -0.2) is 35.8 Å². The Morgan fingerprint density at radius 2 is 2.31 bits per heavy atom. The smallest absolute Gasteiger partial charge is 0.335 e. The average Bonchev–Trinajstić information content (AvgIpc) is 2.93.